The molecule has 0 bridgehead atoms. The summed E-state index contributed by atoms with van der Waals surface area (Å²) in [5.74, 6) is 0.649. The summed E-state index contributed by atoms with van der Waals surface area (Å²) < 4.78 is 5.65. The summed E-state index contributed by atoms with van der Waals surface area (Å²) in [4.78, 5) is 16.7. The third-order valence-electron chi connectivity index (χ3n) is 4.61. The molecule has 150 valence electrons. The van der Waals surface area contributed by atoms with E-state index in [4.69, 9.17) is 4.74 Å². The summed E-state index contributed by atoms with van der Waals surface area (Å²) in [6.07, 6.45) is 5.46. The number of aromatic nitrogens is 1. The number of hydrogen-bond acceptors (Lipinski definition) is 4. The number of nitrogens with one attached hydrogen (secondary N) is 1. The molecular formula is C24H26N2O2S. The van der Waals surface area contributed by atoms with Gasteiger partial charge < -0.3 is 4.74 Å². The highest BCUT2D eigenvalue weighted by atomic mass is 32.1. The van der Waals surface area contributed by atoms with Crippen molar-refractivity contribution in [1.29, 1.82) is 0 Å². The van der Waals surface area contributed by atoms with Crippen LogP contribution in [0.25, 0.3) is 17.3 Å². The van der Waals surface area contributed by atoms with Gasteiger partial charge in [-0.3, -0.25) is 10.1 Å². The standard InChI is InChI=1S/C24H26N2O2S/c1-4-5-14-28-21-11-7-19(8-12-21)9-13-23(27)26-24-25-22(16-29-24)20-10-6-17(2)18(3)15-20/h6-13,15-16H,4-5,14H2,1-3H3,(H,25,26,27). The van der Waals surface area contributed by atoms with Gasteiger partial charge in [-0.15, -0.1) is 11.3 Å². The number of unbranched alkanes of at least 4 members (excludes halogenated alkanes) is 1. The third-order valence-corrected chi connectivity index (χ3v) is 5.37. The van der Waals surface area contributed by atoms with E-state index in [-0.39, 0.29) is 5.91 Å². The number of carbonyl (C=O) groups is 1. The Kier molecular flexibility index (Phi) is 7.19. The maximum atomic E-state index is 12.2. The molecule has 0 aliphatic heterocycles. The van der Waals surface area contributed by atoms with Crippen LogP contribution in [0.15, 0.2) is 53.9 Å². The highest BCUT2D eigenvalue weighted by Crippen LogP contribution is 2.26. The molecule has 4 nitrogen and oxygen atoms in total. The molecule has 0 fully saturated rings. The molecule has 0 unspecified atom stereocenters. The zero-order valence-electron chi connectivity index (χ0n) is 17.1. The smallest absolute Gasteiger partial charge is 0.250 e. The van der Waals surface area contributed by atoms with Crippen LogP contribution in [-0.4, -0.2) is 17.5 Å². The van der Waals surface area contributed by atoms with E-state index in [0.717, 1.165) is 42.0 Å². The van der Waals surface area contributed by atoms with Crippen molar-refractivity contribution in [2.24, 2.45) is 0 Å². The van der Waals surface area contributed by atoms with E-state index in [9.17, 15) is 4.79 Å². The van der Waals surface area contributed by atoms with E-state index in [2.05, 4.69) is 49.3 Å². The average molecular weight is 407 g/mol. The number of benzene rings is 2. The minimum atomic E-state index is -0.200. The second kappa shape index (κ2) is 10.0. The van der Waals surface area contributed by atoms with Crippen molar-refractivity contribution < 1.29 is 9.53 Å². The molecule has 0 aliphatic carbocycles. The van der Waals surface area contributed by atoms with Crippen molar-refractivity contribution >= 4 is 28.5 Å². The van der Waals surface area contributed by atoms with Gasteiger partial charge in [-0.2, -0.15) is 0 Å². The molecule has 1 N–H and O–H groups in total. The molecule has 2 aromatic carbocycles. The van der Waals surface area contributed by atoms with Crippen LogP contribution in [-0.2, 0) is 4.79 Å². The van der Waals surface area contributed by atoms with Gasteiger partial charge in [-0.05, 0) is 61.2 Å². The SMILES string of the molecule is CCCCOc1ccc(C=CC(=O)Nc2nc(-c3ccc(C)c(C)c3)cs2)cc1. The van der Waals surface area contributed by atoms with Gasteiger partial charge in [-0.25, -0.2) is 4.98 Å². The summed E-state index contributed by atoms with van der Waals surface area (Å²) >= 11 is 1.42. The lowest BCUT2D eigenvalue weighted by Gasteiger charge is -2.05. The number of nitrogens with zero attached hydrogens (tertiary/aromatic N) is 1. The van der Waals surface area contributed by atoms with Gasteiger partial charge in [0.2, 0.25) is 5.91 Å². The average Bonchev–Trinajstić information content (AvgIpc) is 3.18. The molecule has 0 spiro atoms. The van der Waals surface area contributed by atoms with Crippen LogP contribution in [0.4, 0.5) is 5.13 Å². The number of rotatable bonds is 8. The van der Waals surface area contributed by atoms with Crippen LogP contribution in [0.5, 0.6) is 5.75 Å². The number of hydrogen-bond donors (Lipinski definition) is 1. The normalized spacial score (nSPS) is 11.0. The Morgan fingerprint density at radius 2 is 1.93 bits per heavy atom. The van der Waals surface area contributed by atoms with Crippen LogP contribution in [0.1, 0.15) is 36.5 Å². The Labute approximate surface area is 176 Å². The first kappa shape index (κ1) is 20.8. The van der Waals surface area contributed by atoms with Crippen molar-refractivity contribution in [2.45, 2.75) is 33.6 Å². The molecular weight excluding hydrogens is 380 g/mol. The highest BCUT2D eigenvalue weighted by molar-refractivity contribution is 7.14. The largest absolute Gasteiger partial charge is 0.494 e. The molecule has 3 aromatic rings. The van der Waals surface area contributed by atoms with Gasteiger partial charge in [-0.1, -0.05) is 37.6 Å². The van der Waals surface area contributed by atoms with Crippen molar-refractivity contribution in [2.75, 3.05) is 11.9 Å². The molecule has 0 atom stereocenters. The fraction of sp³-hybridized carbons (Fsp3) is 0.250. The van der Waals surface area contributed by atoms with Gasteiger partial charge in [0.15, 0.2) is 5.13 Å². The summed E-state index contributed by atoms with van der Waals surface area (Å²) in [6, 6.07) is 14.0. The Morgan fingerprint density at radius 1 is 1.14 bits per heavy atom. The number of amides is 1. The topological polar surface area (TPSA) is 51.2 Å². The van der Waals surface area contributed by atoms with Crippen LogP contribution in [0.2, 0.25) is 0 Å². The van der Waals surface area contributed by atoms with E-state index in [0.29, 0.717) is 5.13 Å². The lowest BCUT2D eigenvalue weighted by molar-refractivity contribution is -0.111. The third kappa shape index (κ3) is 6.03. The van der Waals surface area contributed by atoms with Crippen LogP contribution in [0.3, 0.4) is 0 Å². The summed E-state index contributed by atoms with van der Waals surface area (Å²) in [7, 11) is 0. The fourth-order valence-electron chi connectivity index (χ4n) is 2.69. The predicted octanol–water partition coefficient (Wildman–Crippen LogP) is 6.26. The Morgan fingerprint density at radius 3 is 2.66 bits per heavy atom. The molecule has 0 saturated carbocycles. The highest BCUT2D eigenvalue weighted by Gasteiger charge is 2.07. The minimum absolute atomic E-state index is 0.200. The van der Waals surface area contributed by atoms with Gasteiger partial charge in [0.25, 0.3) is 0 Å². The first-order valence-electron chi connectivity index (χ1n) is 9.80. The van der Waals surface area contributed by atoms with Gasteiger partial charge >= 0.3 is 0 Å². The second-order valence-electron chi connectivity index (χ2n) is 6.93. The van der Waals surface area contributed by atoms with Gasteiger partial charge in [0, 0.05) is 17.0 Å². The van der Waals surface area contributed by atoms with E-state index >= 15 is 0 Å². The summed E-state index contributed by atoms with van der Waals surface area (Å²) in [5.41, 5.74) is 5.35. The zero-order valence-corrected chi connectivity index (χ0v) is 17.9. The molecule has 0 radical (unpaired) electrons. The maximum Gasteiger partial charge on any atom is 0.250 e. The Hall–Kier alpha value is -2.92. The lowest BCUT2D eigenvalue weighted by atomic mass is 10.1. The summed E-state index contributed by atoms with van der Waals surface area (Å²) in [6.45, 7) is 7.04. The lowest BCUT2D eigenvalue weighted by Crippen LogP contribution is -2.07. The number of aryl methyl sites for hydroxylation is 2. The molecule has 3 rings (SSSR count). The van der Waals surface area contributed by atoms with E-state index in [1.807, 2.05) is 29.6 Å². The molecule has 0 aliphatic rings. The molecule has 5 heteroatoms. The quantitative estimate of drug-likeness (QED) is 0.355. The molecule has 0 saturated heterocycles. The number of thiazole rings is 1. The van der Waals surface area contributed by atoms with Crippen molar-refractivity contribution in [1.82, 2.24) is 4.98 Å². The van der Waals surface area contributed by atoms with Crippen molar-refractivity contribution in [3.05, 3.63) is 70.6 Å². The van der Waals surface area contributed by atoms with Gasteiger partial charge in [0.1, 0.15) is 5.75 Å². The monoisotopic (exact) mass is 406 g/mol. The van der Waals surface area contributed by atoms with Crippen LogP contribution < -0.4 is 10.1 Å². The predicted molar refractivity (Wildman–Crippen MR) is 122 cm³/mol. The van der Waals surface area contributed by atoms with E-state index in [1.54, 1.807) is 6.08 Å². The molecule has 29 heavy (non-hydrogen) atoms. The van der Waals surface area contributed by atoms with E-state index < -0.39 is 0 Å². The minimum Gasteiger partial charge on any atom is -0.494 e. The molecule has 1 amide bonds. The Bertz CT molecular complexity index is 990. The van der Waals surface area contributed by atoms with Crippen LogP contribution >= 0.6 is 11.3 Å². The zero-order chi connectivity index (χ0) is 20.6. The molecule has 1 aromatic heterocycles. The number of ether oxygens (including phenoxy) is 1. The van der Waals surface area contributed by atoms with Crippen LogP contribution in [0, 0.1) is 13.8 Å². The van der Waals surface area contributed by atoms with E-state index in [1.165, 1.54) is 28.5 Å². The van der Waals surface area contributed by atoms with Crippen molar-refractivity contribution in [3.63, 3.8) is 0 Å². The first-order chi connectivity index (χ1) is 14.0. The first-order valence-corrected chi connectivity index (χ1v) is 10.7. The summed E-state index contributed by atoms with van der Waals surface area (Å²) in [5, 5.41) is 5.38. The Balaban J connectivity index is 1.56. The van der Waals surface area contributed by atoms with Crippen molar-refractivity contribution in [3.8, 4) is 17.0 Å². The number of carbonyl (C=O) groups excluding carboxylic acids is 1. The second-order valence-corrected chi connectivity index (χ2v) is 7.79. The number of anilines is 1. The molecule has 1 heterocycles. The fourth-order valence-corrected chi connectivity index (χ4v) is 3.42. The maximum absolute atomic E-state index is 12.2. The van der Waals surface area contributed by atoms with Gasteiger partial charge in [0.05, 0.1) is 12.3 Å².